The largest absolute Gasteiger partial charge is 0.307 e. The monoisotopic (exact) mass is 235 g/mol. The van der Waals surface area contributed by atoms with E-state index >= 15 is 0 Å². The maximum Gasteiger partial charge on any atom is 0.150 e. The van der Waals surface area contributed by atoms with Crippen LogP contribution >= 0.6 is 0 Å². The number of carbonyl (C=O) groups is 1. The molecule has 1 fully saturated rings. The lowest BCUT2D eigenvalue weighted by atomic mass is 10.0. The molecular weight excluding hydrogens is 217 g/mol. The van der Waals surface area contributed by atoms with E-state index in [1.54, 1.807) is 13.0 Å². The molecule has 0 amide bonds. The number of aryl methyl sites for hydroxylation is 2. The lowest BCUT2D eigenvalue weighted by molar-refractivity contribution is -0.120. The van der Waals surface area contributed by atoms with Crippen LogP contribution in [-0.2, 0) is 11.2 Å². The highest BCUT2D eigenvalue weighted by Gasteiger charge is 2.21. The predicted molar refractivity (Wildman–Crippen MR) is 65.5 cm³/mol. The van der Waals surface area contributed by atoms with Gasteiger partial charge in [0, 0.05) is 6.42 Å². The maximum atomic E-state index is 13.1. The number of nitrogens with one attached hydrogen (secondary N) is 1. The molecule has 1 atom stereocenters. The van der Waals surface area contributed by atoms with Crippen molar-refractivity contribution in [2.75, 3.05) is 6.54 Å². The highest BCUT2D eigenvalue weighted by atomic mass is 19.1. The molecule has 17 heavy (non-hydrogen) atoms. The van der Waals surface area contributed by atoms with Gasteiger partial charge in [-0.25, -0.2) is 4.39 Å². The fourth-order valence-corrected chi connectivity index (χ4v) is 2.26. The number of ketones is 1. The first-order chi connectivity index (χ1) is 8.16. The summed E-state index contributed by atoms with van der Waals surface area (Å²) in [5.41, 5.74) is 1.68. The molecule has 1 aliphatic rings. The number of hydrogen-bond donors (Lipinski definition) is 1. The van der Waals surface area contributed by atoms with Gasteiger partial charge in [-0.1, -0.05) is 12.1 Å². The van der Waals surface area contributed by atoms with Crippen molar-refractivity contribution in [2.45, 2.75) is 38.6 Å². The zero-order valence-electron chi connectivity index (χ0n) is 10.1. The topological polar surface area (TPSA) is 29.1 Å². The molecule has 1 aliphatic heterocycles. The van der Waals surface area contributed by atoms with Gasteiger partial charge in [-0.05, 0) is 49.9 Å². The fraction of sp³-hybridized carbons (Fsp3) is 0.500. The van der Waals surface area contributed by atoms with Crippen molar-refractivity contribution >= 4 is 5.78 Å². The zero-order valence-corrected chi connectivity index (χ0v) is 10.1. The molecule has 1 heterocycles. The Kier molecular flexibility index (Phi) is 3.89. The van der Waals surface area contributed by atoms with Gasteiger partial charge in [-0.2, -0.15) is 0 Å². The van der Waals surface area contributed by atoms with E-state index in [1.807, 2.05) is 6.07 Å². The first kappa shape index (κ1) is 12.2. The minimum Gasteiger partial charge on any atom is -0.307 e. The van der Waals surface area contributed by atoms with Crippen LogP contribution in [-0.4, -0.2) is 18.4 Å². The summed E-state index contributed by atoms with van der Waals surface area (Å²) in [5.74, 6) is 0.0991. The number of carbonyl (C=O) groups excluding carboxylic acids is 1. The fourth-order valence-electron chi connectivity index (χ4n) is 2.26. The summed E-state index contributed by atoms with van der Waals surface area (Å²) < 4.78 is 13.1. The SMILES string of the molecule is Cc1cc(CCC(=O)[C@@H]2CCCN2)ccc1F. The summed E-state index contributed by atoms with van der Waals surface area (Å²) >= 11 is 0. The van der Waals surface area contributed by atoms with Gasteiger partial charge >= 0.3 is 0 Å². The van der Waals surface area contributed by atoms with Gasteiger partial charge < -0.3 is 5.32 Å². The highest BCUT2D eigenvalue weighted by Crippen LogP contribution is 2.13. The van der Waals surface area contributed by atoms with Crippen molar-refractivity contribution in [3.63, 3.8) is 0 Å². The Balaban J connectivity index is 1.88. The van der Waals surface area contributed by atoms with Crippen molar-refractivity contribution < 1.29 is 9.18 Å². The van der Waals surface area contributed by atoms with Crippen molar-refractivity contribution in [1.29, 1.82) is 0 Å². The van der Waals surface area contributed by atoms with E-state index in [0.29, 0.717) is 18.4 Å². The molecule has 0 bridgehead atoms. The summed E-state index contributed by atoms with van der Waals surface area (Å²) in [6, 6.07) is 5.11. The Bertz CT molecular complexity index is 411. The van der Waals surface area contributed by atoms with E-state index in [0.717, 1.165) is 24.9 Å². The average molecular weight is 235 g/mol. The van der Waals surface area contributed by atoms with Crippen molar-refractivity contribution in [2.24, 2.45) is 0 Å². The van der Waals surface area contributed by atoms with E-state index in [2.05, 4.69) is 5.32 Å². The molecule has 3 heteroatoms. The highest BCUT2D eigenvalue weighted by molar-refractivity contribution is 5.84. The maximum absolute atomic E-state index is 13.1. The molecule has 0 spiro atoms. The molecule has 2 nitrogen and oxygen atoms in total. The van der Waals surface area contributed by atoms with Gasteiger partial charge in [0.15, 0.2) is 0 Å². The molecule has 0 aliphatic carbocycles. The lowest BCUT2D eigenvalue weighted by Gasteiger charge is -2.09. The quantitative estimate of drug-likeness (QED) is 0.868. The van der Waals surface area contributed by atoms with Gasteiger partial charge in [0.25, 0.3) is 0 Å². The van der Waals surface area contributed by atoms with Crippen LogP contribution in [0.25, 0.3) is 0 Å². The number of Topliss-reactive ketones (excluding diaryl/α,β-unsaturated/α-hetero) is 1. The molecule has 0 unspecified atom stereocenters. The van der Waals surface area contributed by atoms with Crippen LogP contribution in [0.4, 0.5) is 4.39 Å². The van der Waals surface area contributed by atoms with E-state index in [-0.39, 0.29) is 17.6 Å². The van der Waals surface area contributed by atoms with E-state index < -0.39 is 0 Å². The molecule has 0 radical (unpaired) electrons. The number of rotatable bonds is 4. The smallest absolute Gasteiger partial charge is 0.150 e. The Hall–Kier alpha value is -1.22. The summed E-state index contributed by atoms with van der Waals surface area (Å²) in [7, 11) is 0. The van der Waals surface area contributed by atoms with Crippen molar-refractivity contribution in [3.05, 3.63) is 35.1 Å². The molecule has 1 N–H and O–H groups in total. The van der Waals surface area contributed by atoms with Crippen molar-refractivity contribution in [1.82, 2.24) is 5.32 Å². The second kappa shape index (κ2) is 5.41. The molecule has 2 rings (SSSR count). The average Bonchev–Trinajstić information content (AvgIpc) is 2.84. The van der Waals surface area contributed by atoms with E-state index in [9.17, 15) is 9.18 Å². The van der Waals surface area contributed by atoms with Crippen LogP contribution in [0, 0.1) is 12.7 Å². The third kappa shape index (κ3) is 3.13. The third-order valence-electron chi connectivity index (χ3n) is 3.33. The first-order valence-corrected chi connectivity index (χ1v) is 6.18. The summed E-state index contributed by atoms with van der Waals surface area (Å²) in [6.07, 6.45) is 3.30. The van der Waals surface area contributed by atoms with Crippen LogP contribution in [0.5, 0.6) is 0 Å². The minimum absolute atomic E-state index is 0.0524. The number of halogens is 1. The number of hydrogen-bond acceptors (Lipinski definition) is 2. The first-order valence-electron chi connectivity index (χ1n) is 6.18. The molecule has 1 saturated heterocycles. The molecular formula is C14H18FNO. The number of benzene rings is 1. The summed E-state index contributed by atoms with van der Waals surface area (Å²) in [6.45, 7) is 2.70. The summed E-state index contributed by atoms with van der Waals surface area (Å²) in [5, 5.41) is 3.20. The second-order valence-electron chi connectivity index (χ2n) is 4.70. The van der Waals surface area contributed by atoms with Gasteiger partial charge in [0.05, 0.1) is 6.04 Å². The molecule has 1 aromatic rings. The Morgan fingerprint density at radius 3 is 3.00 bits per heavy atom. The second-order valence-corrected chi connectivity index (χ2v) is 4.70. The Labute approximate surface area is 101 Å². The van der Waals surface area contributed by atoms with Gasteiger partial charge in [-0.15, -0.1) is 0 Å². The van der Waals surface area contributed by atoms with Gasteiger partial charge in [0.2, 0.25) is 0 Å². The van der Waals surface area contributed by atoms with Crippen LogP contribution < -0.4 is 5.32 Å². The van der Waals surface area contributed by atoms with E-state index in [4.69, 9.17) is 0 Å². The predicted octanol–water partition coefficient (Wildman–Crippen LogP) is 2.39. The molecule has 92 valence electrons. The molecule has 0 saturated carbocycles. The van der Waals surface area contributed by atoms with Gasteiger partial charge in [-0.3, -0.25) is 4.79 Å². The Morgan fingerprint density at radius 2 is 2.35 bits per heavy atom. The van der Waals surface area contributed by atoms with Crippen LogP contribution in [0.3, 0.4) is 0 Å². The van der Waals surface area contributed by atoms with Crippen molar-refractivity contribution in [3.8, 4) is 0 Å². The normalized spacial score (nSPS) is 19.5. The van der Waals surface area contributed by atoms with E-state index in [1.165, 1.54) is 6.07 Å². The zero-order chi connectivity index (χ0) is 12.3. The minimum atomic E-state index is -0.183. The third-order valence-corrected chi connectivity index (χ3v) is 3.33. The Morgan fingerprint density at radius 1 is 1.53 bits per heavy atom. The lowest BCUT2D eigenvalue weighted by Crippen LogP contribution is -2.30. The molecule has 1 aromatic carbocycles. The standard InChI is InChI=1S/C14H18FNO/c1-10-9-11(4-6-12(10)15)5-7-14(17)13-3-2-8-16-13/h4,6,9,13,16H,2-3,5,7-8H2,1H3/t13-/m0/s1. The van der Waals surface area contributed by atoms with Crippen LogP contribution in [0.1, 0.15) is 30.4 Å². The van der Waals surface area contributed by atoms with Gasteiger partial charge in [0.1, 0.15) is 11.6 Å². The van der Waals surface area contributed by atoms with Crippen LogP contribution in [0.15, 0.2) is 18.2 Å². The van der Waals surface area contributed by atoms with Crippen LogP contribution in [0.2, 0.25) is 0 Å². The molecule has 0 aromatic heterocycles. The summed E-state index contributed by atoms with van der Waals surface area (Å²) in [4.78, 5) is 11.8.